The van der Waals surface area contributed by atoms with Crippen LogP contribution in [0.2, 0.25) is 0 Å². The van der Waals surface area contributed by atoms with Crippen molar-refractivity contribution >= 4 is 23.5 Å². The third kappa shape index (κ3) is 6.43. The molecule has 2 aromatic rings. The Morgan fingerprint density at radius 3 is 2.54 bits per heavy atom. The van der Waals surface area contributed by atoms with E-state index in [1.165, 1.54) is 6.26 Å². The van der Waals surface area contributed by atoms with Gasteiger partial charge in [-0.25, -0.2) is 0 Å². The highest BCUT2D eigenvalue weighted by atomic mass is 16.5. The van der Waals surface area contributed by atoms with Crippen LogP contribution in [0.4, 0.5) is 5.69 Å². The third-order valence-electron chi connectivity index (χ3n) is 3.75. The van der Waals surface area contributed by atoms with E-state index in [0.717, 1.165) is 11.1 Å². The van der Waals surface area contributed by atoms with Crippen molar-refractivity contribution in [2.24, 2.45) is 0 Å². The molecule has 0 unspecified atom stereocenters. The Bertz CT molecular complexity index is 768. The molecule has 1 aromatic heterocycles. The van der Waals surface area contributed by atoms with E-state index in [1.807, 2.05) is 26.0 Å². The molecule has 1 aromatic carbocycles. The molecular formula is C19H22N2O5. The van der Waals surface area contributed by atoms with Crippen molar-refractivity contribution in [3.8, 4) is 0 Å². The molecule has 0 fully saturated rings. The summed E-state index contributed by atoms with van der Waals surface area (Å²) in [6.07, 6.45) is 1.40. The predicted molar refractivity (Wildman–Crippen MR) is 95.3 cm³/mol. The van der Waals surface area contributed by atoms with Crippen LogP contribution in [-0.4, -0.2) is 24.4 Å². The Morgan fingerprint density at radius 1 is 1.04 bits per heavy atom. The second kappa shape index (κ2) is 9.41. The number of benzene rings is 1. The fourth-order valence-corrected chi connectivity index (χ4v) is 2.14. The number of nitrogens with one attached hydrogen (secondary N) is 2. The molecule has 7 nitrogen and oxygen atoms in total. The minimum absolute atomic E-state index is 0.0156. The van der Waals surface area contributed by atoms with E-state index >= 15 is 0 Å². The lowest BCUT2D eigenvalue weighted by Crippen LogP contribution is -2.24. The van der Waals surface area contributed by atoms with E-state index in [-0.39, 0.29) is 31.9 Å². The van der Waals surface area contributed by atoms with Crippen LogP contribution in [0.3, 0.4) is 0 Å². The molecule has 0 saturated carbocycles. The van der Waals surface area contributed by atoms with E-state index in [0.29, 0.717) is 11.4 Å². The summed E-state index contributed by atoms with van der Waals surface area (Å²) in [7, 11) is 0. The quantitative estimate of drug-likeness (QED) is 0.707. The first-order chi connectivity index (χ1) is 12.4. The maximum Gasteiger partial charge on any atom is 0.306 e. The van der Waals surface area contributed by atoms with Crippen molar-refractivity contribution in [1.82, 2.24) is 5.32 Å². The Hall–Kier alpha value is -3.09. The summed E-state index contributed by atoms with van der Waals surface area (Å²) in [5.41, 5.74) is 2.83. The van der Waals surface area contributed by atoms with Crippen molar-refractivity contribution < 1.29 is 23.5 Å². The van der Waals surface area contributed by atoms with Gasteiger partial charge in [-0.1, -0.05) is 6.07 Å². The lowest BCUT2D eigenvalue weighted by atomic mass is 10.1. The SMILES string of the molecule is Cc1ccc(NC(=O)COC(=O)CCC(=O)NCc2ccco2)cc1C. The van der Waals surface area contributed by atoms with Crippen LogP contribution in [0.5, 0.6) is 0 Å². The number of rotatable bonds is 8. The fraction of sp³-hybridized carbons (Fsp3) is 0.316. The van der Waals surface area contributed by atoms with Crippen molar-refractivity contribution in [2.45, 2.75) is 33.2 Å². The van der Waals surface area contributed by atoms with Gasteiger partial charge in [-0.15, -0.1) is 0 Å². The van der Waals surface area contributed by atoms with Crippen LogP contribution in [-0.2, 0) is 25.7 Å². The van der Waals surface area contributed by atoms with Crippen molar-refractivity contribution in [1.29, 1.82) is 0 Å². The first-order valence-corrected chi connectivity index (χ1v) is 8.26. The van der Waals surface area contributed by atoms with Crippen LogP contribution in [0, 0.1) is 13.8 Å². The average molecular weight is 358 g/mol. The van der Waals surface area contributed by atoms with E-state index in [4.69, 9.17) is 9.15 Å². The molecule has 138 valence electrons. The zero-order chi connectivity index (χ0) is 18.9. The maximum atomic E-state index is 11.8. The molecule has 1 heterocycles. The summed E-state index contributed by atoms with van der Waals surface area (Å²) in [6, 6.07) is 8.99. The largest absolute Gasteiger partial charge is 0.467 e. The minimum Gasteiger partial charge on any atom is -0.467 e. The standard InChI is InChI=1S/C19H22N2O5/c1-13-5-6-15(10-14(13)2)21-18(23)12-26-19(24)8-7-17(22)20-11-16-4-3-9-25-16/h3-6,9-10H,7-8,11-12H2,1-2H3,(H,20,22)(H,21,23). The van der Waals surface area contributed by atoms with Crippen LogP contribution >= 0.6 is 0 Å². The molecule has 26 heavy (non-hydrogen) atoms. The van der Waals surface area contributed by atoms with E-state index in [9.17, 15) is 14.4 Å². The zero-order valence-electron chi connectivity index (χ0n) is 14.8. The summed E-state index contributed by atoms with van der Waals surface area (Å²) < 4.78 is 9.97. The topological polar surface area (TPSA) is 97.6 Å². The lowest BCUT2D eigenvalue weighted by molar-refractivity contribution is -0.148. The zero-order valence-corrected chi connectivity index (χ0v) is 14.8. The van der Waals surface area contributed by atoms with E-state index in [2.05, 4.69) is 10.6 Å². The second-order valence-corrected chi connectivity index (χ2v) is 5.86. The van der Waals surface area contributed by atoms with Gasteiger partial charge in [0.1, 0.15) is 5.76 Å². The fourth-order valence-electron chi connectivity index (χ4n) is 2.14. The van der Waals surface area contributed by atoms with Gasteiger partial charge in [-0.05, 0) is 49.2 Å². The van der Waals surface area contributed by atoms with Crippen LogP contribution < -0.4 is 10.6 Å². The molecule has 0 bridgehead atoms. The first kappa shape index (κ1) is 19.2. The highest BCUT2D eigenvalue weighted by Crippen LogP contribution is 2.14. The highest BCUT2D eigenvalue weighted by Gasteiger charge is 2.11. The Morgan fingerprint density at radius 2 is 1.85 bits per heavy atom. The highest BCUT2D eigenvalue weighted by molar-refractivity contribution is 5.93. The van der Waals surface area contributed by atoms with Crippen molar-refractivity contribution in [2.75, 3.05) is 11.9 Å². The van der Waals surface area contributed by atoms with Crippen LogP contribution in [0.1, 0.15) is 29.7 Å². The number of hydrogen-bond donors (Lipinski definition) is 2. The van der Waals surface area contributed by atoms with Gasteiger partial charge >= 0.3 is 5.97 Å². The van der Waals surface area contributed by atoms with E-state index in [1.54, 1.807) is 18.2 Å². The van der Waals surface area contributed by atoms with Crippen molar-refractivity contribution in [3.05, 3.63) is 53.5 Å². The van der Waals surface area contributed by atoms with Crippen molar-refractivity contribution in [3.63, 3.8) is 0 Å². The van der Waals surface area contributed by atoms with Crippen LogP contribution in [0.15, 0.2) is 41.0 Å². The summed E-state index contributed by atoms with van der Waals surface area (Å²) >= 11 is 0. The number of ether oxygens (including phenoxy) is 1. The normalized spacial score (nSPS) is 10.2. The molecule has 2 N–H and O–H groups in total. The van der Waals surface area contributed by atoms with Gasteiger partial charge in [-0.3, -0.25) is 14.4 Å². The first-order valence-electron chi connectivity index (χ1n) is 8.26. The van der Waals surface area contributed by atoms with E-state index < -0.39 is 11.9 Å². The average Bonchev–Trinajstić information content (AvgIpc) is 3.13. The summed E-state index contributed by atoms with van der Waals surface area (Å²) in [5, 5.41) is 5.29. The number of hydrogen-bond acceptors (Lipinski definition) is 5. The molecule has 0 radical (unpaired) electrons. The molecule has 0 aliphatic carbocycles. The van der Waals surface area contributed by atoms with Gasteiger partial charge in [0.25, 0.3) is 5.91 Å². The van der Waals surface area contributed by atoms with Gasteiger partial charge in [0.15, 0.2) is 6.61 Å². The molecule has 0 aliphatic heterocycles. The Labute approximate surface area is 151 Å². The molecule has 0 saturated heterocycles. The third-order valence-corrected chi connectivity index (χ3v) is 3.75. The molecule has 2 rings (SSSR count). The Balaban J connectivity index is 1.63. The molecule has 0 spiro atoms. The summed E-state index contributed by atoms with van der Waals surface area (Å²) in [4.78, 5) is 35.1. The number of carbonyl (C=O) groups excluding carboxylic acids is 3. The van der Waals surface area contributed by atoms with Gasteiger partial charge in [-0.2, -0.15) is 0 Å². The number of amides is 2. The van der Waals surface area contributed by atoms with Crippen LogP contribution in [0.25, 0.3) is 0 Å². The number of furan rings is 1. The van der Waals surface area contributed by atoms with Gasteiger partial charge < -0.3 is 19.8 Å². The van der Waals surface area contributed by atoms with Gasteiger partial charge in [0.05, 0.1) is 19.2 Å². The molecule has 7 heteroatoms. The number of carbonyl (C=O) groups is 3. The molecular weight excluding hydrogens is 336 g/mol. The second-order valence-electron chi connectivity index (χ2n) is 5.86. The smallest absolute Gasteiger partial charge is 0.306 e. The summed E-state index contributed by atoms with van der Waals surface area (Å²) in [5.74, 6) is -0.695. The number of esters is 1. The molecule has 0 atom stereocenters. The Kier molecular flexibility index (Phi) is 6.96. The monoisotopic (exact) mass is 358 g/mol. The molecule has 0 aliphatic rings. The molecule has 2 amide bonds. The van der Waals surface area contributed by atoms with Gasteiger partial charge in [0.2, 0.25) is 5.91 Å². The number of aryl methyl sites for hydroxylation is 2. The van der Waals surface area contributed by atoms with Gasteiger partial charge in [0, 0.05) is 12.1 Å². The maximum absolute atomic E-state index is 11.8. The minimum atomic E-state index is -0.603. The predicted octanol–water partition coefficient (Wildman–Crippen LogP) is 2.47. The number of anilines is 1. The summed E-state index contributed by atoms with van der Waals surface area (Å²) in [6.45, 7) is 3.80. The lowest BCUT2D eigenvalue weighted by Gasteiger charge is -2.08.